The van der Waals surface area contributed by atoms with Gasteiger partial charge in [0.15, 0.2) is 0 Å². The van der Waals surface area contributed by atoms with Crippen LogP contribution in [0.4, 0.5) is 0 Å². The first-order chi connectivity index (χ1) is 7.70. The summed E-state index contributed by atoms with van der Waals surface area (Å²) in [5, 5.41) is 9.67. The minimum absolute atomic E-state index is 0.400. The van der Waals surface area contributed by atoms with Gasteiger partial charge in [0, 0.05) is 26.3 Å². The van der Waals surface area contributed by atoms with Gasteiger partial charge in [-0.1, -0.05) is 13.3 Å². The van der Waals surface area contributed by atoms with Crippen LogP contribution in [0.5, 0.6) is 0 Å². The SMILES string of the molecule is CCCCOCC(O)CN(C)CCOCC. The maximum atomic E-state index is 9.67. The zero-order valence-corrected chi connectivity index (χ0v) is 10.9. The first-order valence-corrected chi connectivity index (χ1v) is 6.22. The van der Waals surface area contributed by atoms with Crippen LogP contribution in [0.1, 0.15) is 26.7 Å². The lowest BCUT2D eigenvalue weighted by Gasteiger charge is -2.20. The lowest BCUT2D eigenvalue weighted by molar-refractivity contribution is 0.0153. The van der Waals surface area contributed by atoms with Crippen molar-refractivity contribution in [1.29, 1.82) is 0 Å². The zero-order chi connectivity index (χ0) is 12.2. The second-order valence-electron chi connectivity index (χ2n) is 4.04. The van der Waals surface area contributed by atoms with E-state index < -0.39 is 6.10 Å². The Labute approximate surface area is 99.5 Å². The summed E-state index contributed by atoms with van der Waals surface area (Å²) in [5.41, 5.74) is 0. The minimum Gasteiger partial charge on any atom is -0.389 e. The lowest BCUT2D eigenvalue weighted by Crippen LogP contribution is -2.34. The van der Waals surface area contributed by atoms with Crippen LogP contribution in [-0.2, 0) is 9.47 Å². The normalized spacial score (nSPS) is 13.3. The van der Waals surface area contributed by atoms with Crippen molar-refractivity contribution in [3.8, 4) is 0 Å². The Hall–Kier alpha value is -0.160. The molecule has 0 spiro atoms. The van der Waals surface area contributed by atoms with Crippen molar-refractivity contribution in [2.45, 2.75) is 32.8 Å². The topological polar surface area (TPSA) is 41.9 Å². The fourth-order valence-electron chi connectivity index (χ4n) is 1.33. The van der Waals surface area contributed by atoms with Crippen LogP contribution in [0.2, 0.25) is 0 Å². The Kier molecular flexibility index (Phi) is 11.2. The number of aliphatic hydroxyl groups is 1. The molecule has 1 N–H and O–H groups in total. The number of likely N-dealkylation sites (N-methyl/N-ethyl adjacent to an activating group) is 1. The highest BCUT2D eigenvalue weighted by molar-refractivity contribution is 4.60. The molecule has 0 aromatic carbocycles. The van der Waals surface area contributed by atoms with Crippen molar-refractivity contribution < 1.29 is 14.6 Å². The molecule has 0 aromatic rings. The molecule has 4 nitrogen and oxygen atoms in total. The Morgan fingerprint density at radius 1 is 1.19 bits per heavy atom. The summed E-state index contributed by atoms with van der Waals surface area (Å²) in [6, 6.07) is 0. The Morgan fingerprint density at radius 3 is 2.56 bits per heavy atom. The van der Waals surface area contributed by atoms with Crippen LogP contribution in [0.25, 0.3) is 0 Å². The standard InChI is InChI=1S/C12H27NO3/c1-4-6-8-16-11-12(14)10-13(3)7-9-15-5-2/h12,14H,4-11H2,1-3H3. The third-order valence-corrected chi connectivity index (χ3v) is 2.30. The van der Waals surface area contributed by atoms with E-state index in [0.717, 1.165) is 39.2 Å². The quantitative estimate of drug-likeness (QED) is 0.543. The van der Waals surface area contributed by atoms with E-state index in [2.05, 4.69) is 11.8 Å². The largest absolute Gasteiger partial charge is 0.389 e. The van der Waals surface area contributed by atoms with E-state index in [9.17, 15) is 5.11 Å². The van der Waals surface area contributed by atoms with Gasteiger partial charge >= 0.3 is 0 Å². The van der Waals surface area contributed by atoms with Gasteiger partial charge in [-0.25, -0.2) is 0 Å². The molecule has 0 amide bonds. The number of ether oxygens (including phenoxy) is 2. The summed E-state index contributed by atoms with van der Waals surface area (Å²) in [7, 11) is 1.98. The number of unbranched alkanes of at least 4 members (excludes halogenated alkanes) is 1. The van der Waals surface area contributed by atoms with Gasteiger partial charge in [-0.3, -0.25) is 0 Å². The van der Waals surface area contributed by atoms with E-state index in [1.165, 1.54) is 0 Å². The van der Waals surface area contributed by atoms with Crippen molar-refractivity contribution in [3.63, 3.8) is 0 Å². The van der Waals surface area contributed by atoms with Crippen LogP contribution in [-0.4, -0.2) is 62.7 Å². The maximum Gasteiger partial charge on any atom is 0.0900 e. The molecule has 0 aliphatic carbocycles. The molecule has 0 saturated carbocycles. The predicted octanol–water partition coefficient (Wildman–Crippen LogP) is 1.13. The van der Waals surface area contributed by atoms with E-state index in [1.807, 2.05) is 14.0 Å². The number of hydrogen-bond acceptors (Lipinski definition) is 4. The summed E-state index contributed by atoms with van der Waals surface area (Å²) in [6.45, 7) is 8.24. The van der Waals surface area contributed by atoms with Gasteiger partial charge in [0.05, 0.1) is 19.3 Å². The molecule has 0 saturated heterocycles. The highest BCUT2D eigenvalue weighted by Gasteiger charge is 2.07. The molecule has 0 heterocycles. The van der Waals surface area contributed by atoms with Crippen LogP contribution < -0.4 is 0 Å². The third kappa shape index (κ3) is 10.4. The van der Waals surface area contributed by atoms with E-state index in [0.29, 0.717) is 13.2 Å². The number of rotatable bonds is 11. The molecule has 1 atom stereocenters. The van der Waals surface area contributed by atoms with E-state index in [-0.39, 0.29) is 0 Å². The summed E-state index contributed by atoms with van der Waals surface area (Å²) >= 11 is 0. The Morgan fingerprint density at radius 2 is 1.94 bits per heavy atom. The molecule has 4 heteroatoms. The van der Waals surface area contributed by atoms with Gasteiger partial charge in [0.2, 0.25) is 0 Å². The highest BCUT2D eigenvalue weighted by atomic mass is 16.5. The molecule has 0 fully saturated rings. The van der Waals surface area contributed by atoms with Crippen molar-refractivity contribution >= 4 is 0 Å². The minimum atomic E-state index is -0.400. The van der Waals surface area contributed by atoms with Gasteiger partial charge in [-0.05, 0) is 20.4 Å². The van der Waals surface area contributed by atoms with Gasteiger partial charge in [0.1, 0.15) is 0 Å². The third-order valence-electron chi connectivity index (χ3n) is 2.30. The lowest BCUT2D eigenvalue weighted by atomic mass is 10.3. The Bertz CT molecular complexity index is 144. The van der Waals surface area contributed by atoms with Crippen molar-refractivity contribution in [3.05, 3.63) is 0 Å². The van der Waals surface area contributed by atoms with Gasteiger partial charge in [0.25, 0.3) is 0 Å². The van der Waals surface area contributed by atoms with E-state index in [1.54, 1.807) is 0 Å². The van der Waals surface area contributed by atoms with Crippen molar-refractivity contribution in [2.24, 2.45) is 0 Å². The van der Waals surface area contributed by atoms with Gasteiger partial charge in [-0.2, -0.15) is 0 Å². The molecule has 0 aliphatic heterocycles. The summed E-state index contributed by atoms with van der Waals surface area (Å²) in [5.74, 6) is 0. The van der Waals surface area contributed by atoms with Crippen LogP contribution in [0.3, 0.4) is 0 Å². The molecular formula is C12H27NO3. The van der Waals surface area contributed by atoms with Crippen LogP contribution >= 0.6 is 0 Å². The monoisotopic (exact) mass is 233 g/mol. The fourth-order valence-corrected chi connectivity index (χ4v) is 1.33. The van der Waals surface area contributed by atoms with E-state index >= 15 is 0 Å². The Balaban J connectivity index is 3.35. The van der Waals surface area contributed by atoms with E-state index in [4.69, 9.17) is 9.47 Å². The maximum absolute atomic E-state index is 9.67. The molecule has 0 rings (SSSR count). The number of hydrogen-bond donors (Lipinski definition) is 1. The smallest absolute Gasteiger partial charge is 0.0900 e. The zero-order valence-electron chi connectivity index (χ0n) is 10.9. The first kappa shape index (κ1) is 15.8. The molecule has 0 aromatic heterocycles. The van der Waals surface area contributed by atoms with Crippen molar-refractivity contribution in [2.75, 3.05) is 46.6 Å². The average Bonchev–Trinajstić information content (AvgIpc) is 2.25. The summed E-state index contributed by atoms with van der Waals surface area (Å²) in [4.78, 5) is 2.06. The molecule has 16 heavy (non-hydrogen) atoms. The second kappa shape index (κ2) is 11.3. The number of nitrogens with zero attached hydrogens (tertiary/aromatic N) is 1. The highest BCUT2D eigenvalue weighted by Crippen LogP contribution is 1.93. The van der Waals surface area contributed by atoms with Crippen LogP contribution in [0.15, 0.2) is 0 Å². The van der Waals surface area contributed by atoms with Gasteiger partial charge < -0.3 is 19.5 Å². The second-order valence-corrected chi connectivity index (χ2v) is 4.04. The molecular weight excluding hydrogens is 206 g/mol. The molecule has 0 aliphatic rings. The average molecular weight is 233 g/mol. The van der Waals surface area contributed by atoms with Crippen molar-refractivity contribution in [1.82, 2.24) is 4.90 Å². The van der Waals surface area contributed by atoms with Gasteiger partial charge in [-0.15, -0.1) is 0 Å². The summed E-state index contributed by atoms with van der Waals surface area (Å²) in [6.07, 6.45) is 1.79. The molecule has 0 bridgehead atoms. The molecule has 98 valence electrons. The first-order valence-electron chi connectivity index (χ1n) is 6.22. The fraction of sp³-hybridized carbons (Fsp3) is 1.00. The molecule has 1 unspecified atom stereocenters. The predicted molar refractivity (Wildman–Crippen MR) is 65.7 cm³/mol. The molecule has 0 radical (unpaired) electrons. The summed E-state index contributed by atoms with van der Waals surface area (Å²) < 4.78 is 10.6. The van der Waals surface area contributed by atoms with Crippen LogP contribution in [0, 0.1) is 0 Å². The number of aliphatic hydroxyl groups excluding tert-OH is 1.